The molecule has 0 bridgehead atoms. The zero-order chi connectivity index (χ0) is 15.9. The van der Waals surface area contributed by atoms with Gasteiger partial charge in [0.1, 0.15) is 5.75 Å². The number of benzene rings is 1. The fourth-order valence-electron chi connectivity index (χ4n) is 2.47. The molecule has 0 radical (unpaired) electrons. The molecule has 6 nitrogen and oxygen atoms in total. The maximum Gasteiger partial charge on any atom is 0.289 e. The van der Waals surface area contributed by atoms with Gasteiger partial charge in [0, 0.05) is 17.6 Å². The van der Waals surface area contributed by atoms with Crippen molar-refractivity contribution in [1.82, 2.24) is 9.80 Å². The van der Waals surface area contributed by atoms with Gasteiger partial charge in [-0.15, -0.1) is 0 Å². The molecule has 8 heteroatoms. The Kier molecular flexibility index (Phi) is 4.14. The number of thioether (sulfide) groups is 1. The highest BCUT2D eigenvalue weighted by Gasteiger charge is 2.43. The van der Waals surface area contributed by atoms with E-state index in [1.54, 1.807) is 30.2 Å². The number of amides is 3. The molecule has 1 aromatic rings. The molecule has 3 rings (SSSR count). The van der Waals surface area contributed by atoms with E-state index in [-0.39, 0.29) is 28.8 Å². The highest BCUT2D eigenvalue weighted by atomic mass is 79.9. The van der Waals surface area contributed by atoms with Gasteiger partial charge in [-0.25, -0.2) is 0 Å². The van der Waals surface area contributed by atoms with Crippen molar-refractivity contribution in [3.8, 4) is 5.75 Å². The third kappa shape index (κ3) is 2.61. The van der Waals surface area contributed by atoms with E-state index in [1.807, 2.05) is 0 Å². The molecule has 0 aliphatic carbocycles. The lowest BCUT2D eigenvalue weighted by molar-refractivity contribution is -0.128. The maximum atomic E-state index is 12.5. The van der Waals surface area contributed by atoms with E-state index in [1.165, 1.54) is 4.90 Å². The molecule has 2 heterocycles. The minimum Gasteiger partial charge on any atom is -0.497 e. The summed E-state index contributed by atoms with van der Waals surface area (Å²) < 4.78 is 5.82. The van der Waals surface area contributed by atoms with Crippen LogP contribution in [0.25, 0.3) is 0 Å². The molecule has 1 aromatic carbocycles. The Morgan fingerprint density at radius 1 is 1.36 bits per heavy atom. The molecule has 2 saturated heterocycles. The van der Waals surface area contributed by atoms with Crippen molar-refractivity contribution in [3.63, 3.8) is 0 Å². The minimum atomic E-state index is -0.218. The van der Waals surface area contributed by atoms with E-state index in [9.17, 15) is 14.4 Å². The first-order valence-corrected chi connectivity index (χ1v) is 8.40. The smallest absolute Gasteiger partial charge is 0.289 e. The van der Waals surface area contributed by atoms with Crippen LogP contribution in [-0.2, 0) is 4.79 Å². The number of rotatable bonds is 3. The van der Waals surface area contributed by atoms with Crippen LogP contribution in [0.15, 0.2) is 22.7 Å². The van der Waals surface area contributed by atoms with E-state index in [0.29, 0.717) is 28.9 Å². The Hall–Kier alpha value is -1.54. The van der Waals surface area contributed by atoms with Gasteiger partial charge in [0.15, 0.2) is 0 Å². The van der Waals surface area contributed by atoms with Crippen LogP contribution in [0, 0.1) is 0 Å². The Morgan fingerprint density at radius 3 is 2.68 bits per heavy atom. The number of ether oxygens (including phenoxy) is 1. The van der Waals surface area contributed by atoms with Gasteiger partial charge in [-0.3, -0.25) is 19.3 Å². The second-order valence-corrected chi connectivity index (χ2v) is 6.81. The lowest BCUT2D eigenvalue weighted by Gasteiger charge is -2.42. The van der Waals surface area contributed by atoms with Gasteiger partial charge in [0.2, 0.25) is 5.91 Å². The third-order valence-corrected chi connectivity index (χ3v) is 5.23. The van der Waals surface area contributed by atoms with Crippen LogP contribution >= 0.6 is 27.7 Å². The number of carbonyl (C=O) groups is 3. The van der Waals surface area contributed by atoms with Crippen LogP contribution in [-0.4, -0.2) is 58.8 Å². The molecule has 2 aliphatic rings. The summed E-state index contributed by atoms with van der Waals surface area (Å²) in [6.45, 7) is 0.751. The zero-order valence-electron chi connectivity index (χ0n) is 11.7. The summed E-state index contributed by atoms with van der Waals surface area (Å²) >= 11 is 4.37. The number of carbonyl (C=O) groups excluding carboxylic acids is 3. The quantitative estimate of drug-likeness (QED) is 0.796. The van der Waals surface area contributed by atoms with Crippen LogP contribution in [0.1, 0.15) is 10.4 Å². The predicted octanol–water partition coefficient (Wildman–Crippen LogP) is 1.98. The molecule has 0 unspecified atom stereocenters. The molecule has 0 atom stereocenters. The Balaban J connectivity index is 1.69. The largest absolute Gasteiger partial charge is 0.497 e. The number of imide groups is 1. The maximum absolute atomic E-state index is 12.5. The molecule has 0 saturated carbocycles. The van der Waals surface area contributed by atoms with Crippen molar-refractivity contribution in [2.24, 2.45) is 0 Å². The van der Waals surface area contributed by atoms with Gasteiger partial charge in [0.25, 0.3) is 11.1 Å². The van der Waals surface area contributed by atoms with Gasteiger partial charge in [-0.05, 0) is 34.1 Å². The van der Waals surface area contributed by atoms with E-state index in [0.717, 1.165) is 11.8 Å². The van der Waals surface area contributed by atoms with Crippen molar-refractivity contribution in [2.45, 2.75) is 6.04 Å². The summed E-state index contributed by atoms with van der Waals surface area (Å²) in [5.41, 5.74) is 0.506. The summed E-state index contributed by atoms with van der Waals surface area (Å²) in [6.07, 6.45) is 0. The number of nitrogens with zero attached hydrogens (tertiary/aromatic N) is 2. The average molecular weight is 385 g/mol. The van der Waals surface area contributed by atoms with E-state index in [4.69, 9.17) is 4.74 Å². The first kappa shape index (κ1) is 15.4. The van der Waals surface area contributed by atoms with Gasteiger partial charge < -0.3 is 9.64 Å². The molecule has 2 aliphatic heterocycles. The molecule has 116 valence electrons. The Morgan fingerprint density at radius 2 is 2.09 bits per heavy atom. The lowest BCUT2D eigenvalue weighted by Crippen LogP contribution is -2.62. The van der Waals surface area contributed by atoms with Gasteiger partial charge >= 0.3 is 0 Å². The molecule has 3 amide bonds. The highest BCUT2D eigenvalue weighted by molar-refractivity contribution is 9.10. The molecular formula is C14H13BrN2O4S. The lowest BCUT2D eigenvalue weighted by atomic mass is 10.0. The van der Waals surface area contributed by atoms with Crippen LogP contribution in [0.4, 0.5) is 4.79 Å². The third-order valence-electron chi connectivity index (χ3n) is 3.70. The molecular weight excluding hydrogens is 372 g/mol. The highest BCUT2D eigenvalue weighted by Crippen LogP contribution is 2.29. The topological polar surface area (TPSA) is 66.9 Å². The summed E-state index contributed by atoms with van der Waals surface area (Å²) in [5.74, 6) is 0.485. The van der Waals surface area contributed by atoms with Crippen molar-refractivity contribution < 1.29 is 19.1 Å². The Bertz CT molecular complexity index is 644. The number of likely N-dealkylation sites (tertiary alicyclic amines) is 1. The standard InChI is InChI=1S/C14H13BrN2O4S/c1-21-9-2-3-11(15)10(4-9)13(19)16-5-8(6-16)17-12(18)7-22-14(17)20/h2-4,8H,5-7H2,1H3. The van der Waals surface area contributed by atoms with Crippen molar-refractivity contribution >= 4 is 44.7 Å². The summed E-state index contributed by atoms with van der Waals surface area (Å²) in [5, 5.41) is -0.218. The predicted molar refractivity (Wildman–Crippen MR) is 85.1 cm³/mol. The molecule has 0 aromatic heterocycles. The van der Waals surface area contributed by atoms with E-state index >= 15 is 0 Å². The zero-order valence-corrected chi connectivity index (χ0v) is 14.1. The Labute approximate surface area is 139 Å². The fourth-order valence-corrected chi connectivity index (χ4v) is 3.66. The summed E-state index contributed by atoms with van der Waals surface area (Å²) in [6, 6.07) is 4.98. The van der Waals surface area contributed by atoms with Crippen molar-refractivity contribution in [2.75, 3.05) is 26.0 Å². The van der Waals surface area contributed by atoms with Crippen LogP contribution < -0.4 is 4.74 Å². The SMILES string of the molecule is COc1ccc(Br)c(C(=O)N2CC(N3C(=O)CSC3=O)C2)c1. The number of halogens is 1. The molecule has 22 heavy (non-hydrogen) atoms. The second-order valence-electron chi connectivity index (χ2n) is 5.03. The number of methoxy groups -OCH3 is 1. The monoisotopic (exact) mass is 384 g/mol. The van der Waals surface area contributed by atoms with Gasteiger partial charge in [-0.2, -0.15) is 0 Å². The second kappa shape index (κ2) is 5.92. The molecule has 2 fully saturated rings. The molecule has 0 spiro atoms. The van der Waals surface area contributed by atoms with E-state index in [2.05, 4.69) is 15.9 Å². The van der Waals surface area contributed by atoms with Gasteiger partial charge in [0.05, 0.1) is 24.5 Å². The summed E-state index contributed by atoms with van der Waals surface area (Å²) in [7, 11) is 1.54. The minimum absolute atomic E-state index is 0.145. The van der Waals surface area contributed by atoms with Crippen LogP contribution in [0.3, 0.4) is 0 Å². The van der Waals surface area contributed by atoms with E-state index < -0.39 is 0 Å². The van der Waals surface area contributed by atoms with Gasteiger partial charge in [-0.1, -0.05) is 11.8 Å². The van der Waals surface area contributed by atoms with Crippen LogP contribution in [0.5, 0.6) is 5.75 Å². The first-order chi connectivity index (χ1) is 10.5. The van der Waals surface area contributed by atoms with Crippen LogP contribution in [0.2, 0.25) is 0 Å². The number of hydrogen-bond donors (Lipinski definition) is 0. The molecule has 0 N–H and O–H groups in total. The summed E-state index contributed by atoms with van der Waals surface area (Å²) in [4.78, 5) is 38.7. The van der Waals surface area contributed by atoms with Crippen molar-refractivity contribution in [1.29, 1.82) is 0 Å². The first-order valence-electron chi connectivity index (χ1n) is 6.63. The van der Waals surface area contributed by atoms with Crippen molar-refractivity contribution in [3.05, 3.63) is 28.2 Å². The average Bonchev–Trinajstić information content (AvgIpc) is 2.78. The fraction of sp³-hybridized carbons (Fsp3) is 0.357. The number of hydrogen-bond acceptors (Lipinski definition) is 5. The normalized spacial score (nSPS) is 18.6.